The van der Waals surface area contributed by atoms with Gasteiger partial charge in [-0.05, 0) is 47.4 Å². The van der Waals surface area contributed by atoms with Gasteiger partial charge in [0, 0.05) is 17.2 Å². The Morgan fingerprint density at radius 3 is 2.83 bits per heavy atom. The highest BCUT2D eigenvalue weighted by molar-refractivity contribution is 5.76. The van der Waals surface area contributed by atoms with E-state index in [1.165, 1.54) is 0 Å². The number of H-pyrrole nitrogens is 1. The molecule has 23 heavy (non-hydrogen) atoms. The smallest absolute Gasteiger partial charge is 0.266 e. The summed E-state index contributed by atoms with van der Waals surface area (Å²) in [5.74, 6) is 1.06. The molecule has 0 spiro atoms. The van der Waals surface area contributed by atoms with E-state index in [1.807, 2.05) is 6.07 Å². The largest absolute Gasteiger partial charge is 0.508 e. The first-order valence-corrected chi connectivity index (χ1v) is 7.92. The molecule has 0 aliphatic heterocycles. The van der Waals surface area contributed by atoms with Crippen molar-refractivity contribution in [2.75, 3.05) is 0 Å². The van der Waals surface area contributed by atoms with Crippen molar-refractivity contribution in [3.8, 4) is 22.9 Å². The molecule has 0 amide bonds. The lowest BCUT2D eigenvalue weighted by molar-refractivity contribution is 0.0155. The zero-order chi connectivity index (χ0) is 16.4. The summed E-state index contributed by atoms with van der Waals surface area (Å²) in [5, 5.41) is 19.3. The lowest BCUT2D eigenvalue weighted by atomic mass is 9.48. The van der Waals surface area contributed by atoms with E-state index in [0.29, 0.717) is 17.4 Å². The number of nitrogens with one attached hydrogen (secondary N) is 1. The van der Waals surface area contributed by atoms with Crippen LogP contribution in [0.15, 0.2) is 29.1 Å². The Morgan fingerprint density at radius 2 is 2.17 bits per heavy atom. The van der Waals surface area contributed by atoms with E-state index in [9.17, 15) is 15.2 Å². The molecule has 2 atom stereocenters. The van der Waals surface area contributed by atoms with Gasteiger partial charge in [0.25, 0.3) is 5.56 Å². The van der Waals surface area contributed by atoms with E-state index in [2.05, 4.69) is 24.9 Å². The molecule has 0 saturated heterocycles. The minimum absolute atomic E-state index is 0.140. The van der Waals surface area contributed by atoms with E-state index >= 15 is 0 Å². The molecular weight excluding hydrogens is 288 g/mol. The van der Waals surface area contributed by atoms with Gasteiger partial charge in [-0.25, -0.2) is 0 Å². The average molecular weight is 306 g/mol. The van der Waals surface area contributed by atoms with Crippen LogP contribution in [0, 0.1) is 22.7 Å². The van der Waals surface area contributed by atoms with Crippen LogP contribution < -0.4 is 5.56 Å². The summed E-state index contributed by atoms with van der Waals surface area (Å²) < 4.78 is 0. The van der Waals surface area contributed by atoms with Crippen LogP contribution in [0.1, 0.15) is 43.0 Å². The Hall–Kier alpha value is -2.54. The van der Waals surface area contributed by atoms with Crippen molar-refractivity contribution in [3.05, 3.63) is 51.4 Å². The van der Waals surface area contributed by atoms with Gasteiger partial charge in [-0.15, -0.1) is 0 Å². The van der Waals surface area contributed by atoms with Crippen LogP contribution in [0.2, 0.25) is 0 Å². The molecule has 1 heterocycles. The molecule has 3 aliphatic rings. The average Bonchev–Trinajstić information content (AvgIpc) is 2.52. The van der Waals surface area contributed by atoms with Crippen molar-refractivity contribution in [3.63, 3.8) is 0 Å². The molecule has 2 N–H and O–H groups in total. The predicted molar refractivity (Wildman–Crippen MR) is 87.2 cm³/mol. The molecule has 4 heteroatoms. The fourth-order valence-electron chi connectivity index (χ4n) is 4.35. The first kappa shape index (κ1) is 14.1. The predicted octanol–water partition coefficient (Wildman–Crippen LogP) is 3.30. The van der Waals surface area contributed by atoms with Crippen LogP contribution in [-0.2, 0) is 6.42 Å². The number of nitriles is 1. The highest BCUT2D eigenvalue weighted by atomic mass is 16.3. The number of benzene rings is 1. The topological polar surface area (TPSA) is 76.9 Å². The normalized spacial score (nSPS) is 23.5. The summed E-state index contributed by atoms with van der Waals surface area (Å²) in [6.07, 6.45) is 1.97. The second-order valence-electron chi connectivity index (χ2n) is 7.27. The van der Waals surface area contributed by atoms with E-state index < -0.39 is 0 Å². The third-order valence-electron chi connectivity index (χ3n) is 5.87. The number of aromatic amines is 1. The van der Waals surface area contributed by atoms with Gasteiger partial charge in [-0.3, -0.25) is 4.79 Å². The van der Waals surface area contributed by atoms with E-state index in [4.69, 9.17) is 0 Å². The third-order valence-corrected chi connectivity index (χ3v) is 5.87. The maximum Gasteiger partial charge on any atom is 0.266 e. The van der Waals surface area contributed by atoms with Crippen molar-refractivity contribution in [2.24, 2.45) is 11.3 Å². The Bertz CT molecular complexity index is 918. The van der Waals surface area contributed by atoms with Crippen LogP contribution in [0.25, 0.3) is 11.1 Å². The Morgan fingerprint density at radius 1 is 1.39 bits per heavy atom. The molecule has 116 valence electrons. The summed E-state index contributed by atoms with van der Waals surface area (Å²) in [7, 11) is 0. The second kappa shape index (κ2) is 4.48. The van der Waals surface area contributed by atoms with Gasteiger partial charge in [0.05, 0.1) is 0 Å². The number of phenols is 1. The van der Waals surface area contributed by atoms with Gasteiger partial charge in [0.15, 0.2) is 0 Å². The fourth-order valence-corrected chi connectivity index (χ4v) is 4.35. The first-order valence-electron chi connectivity index (χ1n) is 7.92. The van der Waals surface area contributed by atoms with E-state index in [-0.39, 0.29) is 22.3 Å². The molecule has 2 aromatic rings. The quantitative estimate of drug-likeness (QED) is 0.848. The SMILES string of the molecule is CC1(C)[C@H]2Cc3c([nH]c(=O)c(C#N)c3-c3cccc(O)c3)[C@@H]1C2. The molecular formula is C19H18N2O2. The Kier molecular flexibility index (Phi) is 2.74. The van der Waals surface area contributed by atoms with Crippen LogP contribution in [0.3, 0.4) is 0 Å². The van der Waals surface area contributed by atoms with Gasteiger partial charge in [-0.1, -0.05) is 26.0 Å². The van der Waals surface area contributed by atoms with Crippen molar-refractivity contribution in [2.45, 2.75) is 32.6 Å². The van der Waals surface area contributed by atoms with E-state index in [0.717, 1.165) is 29.7 Å². The second-order valence-corrected chi connectivity index (χ2v) is 7.27. The van der Waals surface area contributed by atoms with E-state index in [1.54, 1.807) is 18.2 Å². The molecule has 2 bridgehead atoms. The maximum absolute atomic E-state index is 12.4. The molecule has 1 saturated carbocycles. The van der Waals surface area contributed by atoms with Crippen molar-refractivity contribution < 1.29 is 5.11 Å². The lowest BCUT2D eigenvalue weighted by Crippen LogP contribution is -2.49. The van der Waals surface area contributed by atoms with Crippen molar-refractivity contribution in [1.82, 2.24) is 4.98 Å². The van der Waals surface area contributed by atoms with Gasteiger partial charge in [0.1, 0.15) is 17.4 Å². The van der Waals surface area contributed by atoms with Crippen LogP contribution >= 0.6 is 0 Å². The maximum atomic E-state index is 12.4. The van der Waals surface area contributed by atoms with Gasteiger partial charge in [0.2, 0.25) is 0 Å². The first-order chi connectivity index (χ1) is 10.9. The minimum atomic E-state index is -0.328. The molecule has 1 fully saturated rings. The van der Waals surface area contributed by atoms with Gasteiger partial charge < -0.3 is 10.1 Å². The Labute approximate surface area is 134 Å². The molecule has 5 rings (SSSR count). The number of aromatic nitrogens is 1. The molecule has 1 aromatic heterocycles. The fraction of sp³-hybridized carbons (Fsp3) is 0.368. The number of pyridine rings is 1. The summed E-state index contributed by atoms with van der Waals surface area (Å²) in [6.45, 7) is 4.50. The third kappa shape index (κ3) is 1.80. The van der Waals surface area contributed by atoms with Crippen LogP contribution in [-0.4, -0.2) is 10.1 Å². The molecule has 3 aliphatic carbocycles. The summed E-state index contributed by atoms with van der Waals surface area (Å²) in [6, 6.07) is 8.87. The van der Waals surface area contributed by atoms with Crippen molar-refractivity contribution >= 4 is 0 Å². The monoisotopic (exact) mass is 306 g/mol. The van der Waals surface area contributed by atoms with Crippen LogP contribution in [0.5, 0.6) is 5.75 Å². The molecule has 0 radical (unpaired) electrons. The van der Waals surface area contributed by atoms with Crippen molar-refractivity contribution in [1.29, 1.82) is 5.26 Å². The standard InChI is InChI=1S/C19H18N2O2/c1-19(2)11-7-13-16(10-4-3-5-12(22)6-10)14(9-20)18(23)21-17(13)15(19)8-11/h3-6,11,15,22H,7-8H2,1-2H3,(H,21,23)/t11-,15-/m0/s1. The number of nitrogens with zero attached hydrogens (tertiary/aromatic N) is 1. The highest BCUT2D eigenvalue weighted by Gasteiger charge is 2.53. The summed E-state index contributed by atoms with van der Waals surface area (Å²) in [4.78, 5) is 15.4. The zero-order valence-corrected chi connectivity index (χ0v) is 13.2. The lowest BCUT2D eigenvalue weighted by Gasteiger charge is -2.57. The Balaban J connectivity index is 2.03. The summed E-state index contributed by atoms with van der Waals surface area (Å²) in [5.41, 5.74) is 3.52. The number of phenolic OH excluding ortho intramolecular Hbond substituents is 1. The molecule has 4 nitrogen and oxygen atoms in total. The number of aromatic hydroxyl groups is 1. The highest BCUT2D eigenvalue weighted by Crippen LogP contribution is 2.62. The van der Waals surface area contributed by atoms with Crippen LogP contribution in [0.4, 0.5) is 0 Å². The van der Waals surface area contributed by atoms with Gasteiger partial charge >= 0.3 is 0 Å². The minimum Gasteiger partial charge on any atom is -0.508 e. The summed E-state index contributed by atoms with van der Waals surface area (Å²) >= 11 is 0. The number of rotatable bonds is 1. The molecule has 1 aromatic carbocycles. The molecule has 0 unspecified atom stereocenters. The van der Waals surface area contributed by atoms with Gasteiger partial charge in [-0.2, -0.15) is 5.26 Å². The zero-order valence-electron chi connectivity index (χ0n) is 13.2. The number of hydrogen-bond donors (Lipinski definition) is 2. The number of hydrogen-bond acceptors (Lipinski definition) is 3.